The van der Waals surface area contributed by atoms with Crippen molar-refractivity contribution < 1.29 is 9.52 Å². The lowest BCUT2D eigenvalue weighted by Gasteiger charge is -2.40. The van der Waals surface area contributed by atoms with Gasteiger partial charge in [0.25, 0.3) is 0 Å². The minimum atomic E-state index is -0.303. The second-order valence-corrected chi connectivity index (χ2v) is 5.06. The van der Waals surface area contributed by atoms with E-state index in [2.05, 4.69) is 19.0 Å². The summed E-state index contributed by atoms with van der Waals surface area (Å²) in [6.45, 7) is 0. The average Bonchev–Trinajstić information content (AvgIpc) is 2.87. The molecule has 0 spiro atoms. The quantitative estimate of drug-likeness (QED) is 0.848. The van der Waals surface area contributed by atoms with Gasteiger partial charge < -0.3 is 14.4 Å². The lowest BCUT2D eigenvalue weighted by Crippen LogP contribution is -2.52. The van der Waals surface area contributed by atoms with Crippen LogP contribution in [0.25, 0.3) is 0 Å². The molecule has 1 unspecified atom stereocenters. The molecule has 0 aliphatic heterocycles. The number of nitrogens with zero attached hydrogens (tertiary/aromatic N) is 1. The number of rotatable bonds is 4. The van der Waals surface area contributed by atoms with Gasteiger partial charge in [-0.25, -0.2) is 0 Å². The third-order valence-electron chi connectivity index (χ3n) is 3.99. The van der Waals surface area contributed by atoms with Crippen molar-refractivity contribution in [2.45, 2.75) is 43.7 Å². The number of aliphatic hydroxyl groups excluding tert-OH is 1. The second kappa shape index (κ2) is 4.60. The summed E-state index contributed by atoms with van der Waals surface area (Å²) in [7, 11) is 4.15. The van der Waals surface area contributed by atoms with Crippen LogP contribution in [0.2, 0.25) is 0 Å². The zero-order valence-corrected chi connectivity index (χ0v) is 10.1. The number of hydrogen-bond donors (Lipinski definition) is 1. The van der Waals surface area contributed by atoms with Crippen LogP contribution in [0.5, 0.6) is 0 Å². The van der Waals surface area contributed by atoms with Crippen LogP contribution in [-0.2, 0) is 6.42 Å². The van der Waals surface area contributed by atoms with Crippen molar-refractivity contribution in [3.8, 4) is 0 Å². The Morgan fingerprint density at radius 1 is 1.44 bits per heavy atom. The van der Waals surface area contributed by atoms with Crippen LogP contribution in [0.1, 0.15) is 31.2 Å². The van der Waals surface area contributed by atoms with Gasteiger partial charge in [0.1, 0.15) is 0 Å². The predicted octanol–water partition coefficient (Wildman–Crippen LogP) is 2.06. The molecule has 0 saturated heterocycles. The Hall–Kier alpha value is -0.800. The highest BCUT2D eigenvalue weighted by Crippen LogP contribution is 2.37. The largest absolute Gasteiger partial charge is 0.472 e. The summed E-state index contributed by atoms with van der Waals surface area (Å²) in [5.74, 6) is 0. The second-order valence-electron chi connectivity index (χ2n) is 5.06. The molecule has 0 aromatic carbocycles. The minimum absolute atomic E-state index is 0.0305. The molecule has 1 fully saturated rings. The molecule has 1 heterocycles. The van der Waals surface area contributed by atoms with Gasteiger partial charge in [-0.1, -0.05) is 12.8 Å². The molecule has 1 N–H and O–H groups in total. The van der Waals surface area contributed by atoms with Crippen molar-refractivity contribution in [1.82, 2.24) is 4.90 Å². The van der Waals surface area contributed by atoms with Gasteiger partial charge in [0.15, 0.2) is 0 Å². The highest BCUT2D eigenvalue weighted by atomic mass is 16.3. The number of aliphatic hydroxyl groups is 1. The zero-order chi connectivity index (χ0) is 11.6. The molecule has 0 bridgehead atoms. The number of hydrogen-bond acceptors (Lipinski definition) is 3. The average molecular weight is 223 g/mol. The minimum Gasteiger partial charge on any atom is -0.472 e. The van der Waals surface area contributed by atoms with E-state index in [1.54, 1.807) is 12.5 Å². The molecule has 1 aliphatic rings. The molecular formula is C13H21NO2. The van der Waals surface area contributed by atoms with Crippen molar-refractivity contribution in [1.29, 1.82) is 0 Å². The fourth-order valence-corrected chi connectivity index (χ4v) is 2.89. The van der Waals surface area contributed by atoms with E-state index in [1.807, 2.05) is 6.07 Å². The van der Waals surface area contributed by atoms with Crippen LogP contribution < -0.4 is 0 Å². The van der Waals surface area contributed by atoms with Gasteiger partial charge in [-0.3, -0.25) is 0 Å². The van der Waals surface area contributed by atoms with E-state index in [1.165, 1.54) is 12.8 Å². The van der Waals surface area contributed by atoms with Gasteiger partial charge in [-0.05, 0) is 38.6 Å². The van der Waals surface area contributed by atoms with E-state index in [4.69, 9.17) is 4.42 Å². The summed E-state index contributed by atoms with van der Waals surface area (Å²) in [5.41, 5.74) is 1.05. The molecule has 0 amide bonds. The van der Waals surface area contributed by atoms with Gasteiger partial charge in [0, 0.05) is 12.0 Å². The lowest BCUT2D eigenvalue weighted by molar-refractivity contribution is -0.00257. The Morgan fingerprint density at radius 3 is 2.62 bits per heavy atom. The summed E-state index contributed by atoms with van der Waals surface area (Å²) >= 11 is 0. The third-order valence-corrected chi connectivity index (χ3v) is 3.99. The molecule has 3 heteroatoms. The predicted molar refractivity (Wildman–Crippen MR) is 63.3 cm³/mol. The first-order chi connectivity index (χ1) is 7.65. The smallest absolute Gasteiger partial charge is 0.0935 e. The third kappa shape index (κ3) is 2.02. The first-order valence-corrected chi connectivity index (χ1v) is 6.02. The maximum absolute atomic E-state index is 10.5. The monoisotopic (exact) mass is 223 g/mol. The van der Waals surface area contributed by atoms with Gasteiger partial charge >= 0.3 is 0 Å². The summed E-state index contributed by atoms with van der Waals surface area (Å²) in [5, 5.41) is 10.5. The van der Waals surface area contributed by atoms with Gasteiger partial charge in [0.05, 0.1) is 18.6 Å². The maximum atomic E-state index is 10.5. The Bertz CT molecular complexity index is 313. The van der Waals surface area contributed by atoms with E-state index in [9.17, 15) is 5.11 Å². The SMILES string of the molecule is CN(C)C1(C(O)Cc2ccoc2)CCCC1. The number of furan rings is 1. The molecule has 3 nitrogen and oxygen atoms in total. The molecule has 1 atom stereocenters. The van der Waals surface area contributed by atoms with Crippen LogP contribution >= 0.6 is 0 Å². The normalized spacial score (nSPS) is 21.5. The summed E-state index contributed by atoms with van der Waals surface area (Å²) in [4.78, 5) is 2.20. The van der Waals surface area contributed by atoms with E-state index < -0.39 is 0 Å². The number of likely N-dealkylation sites (N-methyl/N-ethyl adjacent to an activating group) is 1. The van der Waals surface area contributed by atoms with Crippen LogP contribution in [-0.4, -0.2) is 35.7 Å². The summed E-state index contributed by atoms with van der Waals surface area (Å²) in [6.07, 6.45) is 8.41. The van der Waals surface area contributed by atoms with Gasteiger partial charge in [-0.15, -0.1) is 0 Å². The molecule has 2 rings (SSSR count). The fourth-order valence-electron chi connectivity index (χ4n) is 2.89. The van der Waals surface area contributed by atoms with Crippen molar-refractivity contribution in [2.75, 3.05) is 14.1 Å². The topological polar surface area (TPSA) is 36.6 Å². The Kier molecular flexibility index (Phi) is 3.36. The van der Waals surface area contributed by atoms with Gasteiger partial charge in [0.2, 0.25) is 0 Å². The highest BCUT2D eigenvalue weighted by molar-refractivity contribution is 5.11. The van der Waals surface area contributed by atoms with Crippen molar-refractivity contribution in [3.63, 3.8) is 0 Å². The molecule has 1 saturated carbocycles. The molecule has 1 aromatic heterocycles. The first-order valence-electron chi connectivity index (χ1n) is 6.02. The van der Waals surface area contributed by atoms with E-state index in [0.717, 1.165) is 18.4 Å². The van der Waals surface area contributed by atoms with E-state index >= 15 is 0 Å². The van der Waals surface area contributed by atoms with Crippen LogP contribution in [0, 0.1) is 0 Å². The Labute approximate surface area is 97.1 Å². The molecule has 1 aromatic rings. The van der Waals surface area contributed by atoms with Crippen LogP contribution in [0.3, 0.4) is 0 Å². The van der Waals surface area contributed by atoms with Crippen molar-refractivity contribution in [2.24, 2.45) is 0 Å². The molecule has 90 valence electrons. The fraction of sp³-hybridized carbons (Fsp3) is 0.692. The van der Waals surface area contributed by atoms with Crippen LogP contribution in [0.15, 0.2) is 23.0 Å². The molecular weight excluding hydrogens is 202 g/mol. The van der Waals surface area contributed by atoms with Gasteiger partial charge in [-0.2, -0.15) is 0 Å². The Morgan fingerprint density at radius 2 is 2.12 bits per heavy atom. The highest BCUT2D eigenvalue weighted by Gasteiger charge is 2.42. The standard InChI is InChI=1S/C13H21NO2/c1-14(2)13(6-3-4-7-13)12(15)9-11-5-8-16-10-11/h5,8,10,12,15H,3-4,6-7,9H2,1-2H3. The summed E-state index contributed by atoms with van der Waals surface area (Å²) < 4.78 is 5.05. The summed E-state index contributed by atoms with van der Waals surface area (Å²) in [6, 6.07) is 1.93. The van der Waals surface area contributed by atoms with Crippen LogP contribution in [0.4, 0.5) is 0 Å². The maximum Gasteiger partial charge on any atom is 0.0935 e. The first kappa shape index (κ1) is 11.7. The molecule has 0 radical (unpaired) electrons. The van der Waals surface area contributed by atoms with Crippen molar-refractivity contribution >= 4 is 0 Å². The van der Waals surface area contributed by atoms with Crippen molar-refractivity contribution in [3.05, 3.63) is 24.2 Å². The van der Waals surface area contributed by atoms with E-state index in [0.29, 0.717) is 6.42 Å². The molecule has 1 aliphatic carbocycles. The Balaban J connectivity index is 2.08. The zero-order valence-electron chi connectivity index (χ0n) is 10.1. The molecule has 16 heavy (non-hydrogen) atoms. The van der Waals surface area contributed by atoms with E-state index in [-0.39, 0.29) is 11.6 Å². The lowest BCUT2D eigenvalue weighted by atomic mass is 9.86.